The molecule has 11 N–H and O–H groups in total. The summed E-state index contributed by atoms with van der Waals surface area (Å²) in [5, 5.41) is 33.5. The van der Waals surface area contributed by atoms with Gasteiger partial charge in [-0.15, -0.1) is 0 Å². The first-order chi connectivity index (χ1) is 17.0. The van der Waals surface area contributed by atoms with Crippen molar-refractivity contribution in [2.45, 2.75) is 43.8 Å². The molecule has 0 spiro atoms. The van der Waals surface area contributed by atoms with Gasteiger partial charge < -0.3 is 43.2 Å². The van der Waals surface area contributed by atoms with Gasteiger partial charge in [-0.2, -0.15) is 0 Å². The third kappa shape index (κ3) is 9.50. The van der Waals surface area contributed by atoms with Crippen molar-refractivity contribution in [3.63, 3.8) is 0 Å². The van der Waals surface area contributed by atoms with E-state index in [2.05, 4.69) is 15.6 Å². The molecule has 2 amide bonds. The largest absolute Gasteiger partial charge is 0.508 e. The van der Waals surface area contributed by atoms with Crippen molar-refractivity contribution in [3.8, 4) is 11.5 Å². The van der Waals surface area contributed by atoms with E-state index in [1.54, 1.807) is 24.3 Å². The number of carbonyl (C=O) groups excluding carboxylic acids is 2. The zero-order valence-electron chi connectivity index (χ0n) is 19.6. The molecule has 2 rings (SSSR count). The van der Waals surface area contributed by atoms with Crippen LogP contribution in [0.4, 0.5) is 0 Å². The predicted octanol–water partition coefficient (Wildman–Crippen LogP) is -0.682. The molecule has 36 heavy (non-hydrogen) atoms. The van der Waals surface area contributed by atoms with Gasteiger partial charge >= 0.3 is 5.97 Å². The first-order valence-corrected chi connectivity index (χ1v) is 11.3. The van der Waals surface area contributed by atoms with E-state index < -0.39 is 35.9 Å². The Morgan fingerprint density at radius 1 is 0.806 bits per heavy atom. The molecular weight excluding hydrogens is 468 g/mol. The molecule has 2 aromatic rings. The van der Waals surface area contributed by atoms with Crippen molar-refractivity contribution in [2.75, 3.05) is 6.54 Å². The minimum absolute atomic E-state index is 0.0319. The normalized spacial score (nSPS) is 13.1. The number of benzene rings is 2. The number of amides is 2. The standard InChI is InChI=1S/C24H32N6O6/c25-18(12-14-3-7-16(31)8-4-14)21(33)30-20(13-15-5-9-17(32)10-6-15)22(34)29-19(23(35)36)2-1-11-28-24(26)27/h3-10,18-20,31-32H,1-2,11-13,25H2,(H,29,34)(H,30,33)(H,35,36)(H4,26,27,28)/t18-,19-,20-/m0/s1. The van der Waals surface area contributed by atoms with Crippen molar-refractivity contribution in [1.29, 1.82) is 0 Å². The zero-order chi connectivity index (χ0) is 26.7. The molecule has 0 unspecified atom stereocenters. The van der Waals surface area contributed by atoms with E-state index in [0.717, 1.165) is 0 Å². The molecule has 0 saturated heterocycles. The number of carboxylic acids is 1. The maximum absolute atomic E-state index is 13.0. The number of hydrogen-bond donors (Lipinski definition) is 8. The number of aliphatic imine (C=N–C) groups is 1. The van der Waals surface area contributed by atoms with E-state index in [0.29, 0.717) is 17.5 Å². The molecule has 0 aliphatic heterocycles. The maximum atomic E-state index is 13.0. The average molecular weight is 501 g/mol. The van der Waals surface area contributed by atoms with Crippen LogP contribution in [0.3, 0.4) is 0 Å². The average Bonchev–Trinajstić information content (AvgIpc) is 2.82. The number of aromatic hydroxyl groups is 2. The Morgan fingerprint density at radius 2 is 1.31 bits per heavy atom. The first kappa shape index (κ1) is 27.9. The van der Waals surface area contributed by atoms with Gasteiger partial charge in [0.2, 0.25) is 11.8 Å². The Kier molecular flexibility index (Phi) is 10.5. The lowest BCUT2D eigenvalue weighted by Crippen LogP contribution is -2.55. The van der Waals surface area contributed by atoms with Crippen LogP contribution < -0.4 is 27.8 Å². The van der Waals surface area contributed by atoms with Crippen LogP contribution in [0.2, 0.25) is 0 Å². The van der Waals surface area contributed by atoms with Gasteiger partial charge in [-0.3, -0.25) is 14.6 Å². The van der Waals surface area contributed by atoms with E-state index in [-0.39, 0.29) is 43.3 Å². The van der Waals surface area contributed by atoms with Crippen LogP contribution in [-0.2, 0) is 27.2 Å². The predicted molar refractivity (Wildman–Crippen MR) is 133 cm³/mol. The third-order valence-electron chi connectivity index (χ3n) is 5.30. The molecule has 2 aromatic carbocycles. The third-order valence-corrected chi connectivity index (χ3v) is 5.30. The topological polar surface area (TPSA) is 226 Å². The van der Waals surface area contributed by atoms with Gasteiger partial charge in [0, 0.05) is 13.0 Å². The lowest BCUT2D eigenvalue weighted by Gasteiger charge is -2.23. The van der Waals surface area contributed by atoms with Crippen molar-refractivity contribution in [3.05, 3.63) is 59.7 Å². The van der Waals surface area contributed by atoms with Gasteiger partial charge in [0.1, 0.15) is 23.6 Å². The second kappa shape index (κ2) is 13.5. The second-order valence-corrected chi connectivity index (χ2v) is 8.26. The first-order valence-electron chi connectivity index (χ1n) is 11.3. The summed E-state index contributed by atoms with van der Waals surface area (Å²) in [4.78, 5) is 41.3. The van der Waals surface area contributed by atoms with Gasteiger partial charge in [-0.05, 0) is 54.7 Å². The number of carboxylic acid groups (broad SMARTS) is 1. The highest BCUT2D eigenvalue weighted by molar-refractivity contribution is 5.92. The molecule has 0 saturated carbocycles. The molecule has 0 bridgehead atoms. The summed E-state index contributed by atoms with van der Waals surface area (Å²) in [6.07, 6.45) is 0.562. The highest BCUT2D eigenvalue weighted by atomic mass is 16.4. The molecule has 0 fully saturated rings. The van der Waals surface area contributed by atoms with Gasteiger partial charge in [0.15, 0.2) is 5.96 Å². The molecule has 3 atom stereocenters. The van der Waals surface area contributed by atoms with Crippen molar-refractivity contribution >= 4 is 23.7 Å². The molecule has 12 heteroatoms. The quantitative estimate of drug-likeness (QED) is 0.0988. The Balaban J connectivity index is 2.12. The number of nitrogens with zero attached hydrogens (tertiary/aromatic N) is 1. The Hall–Kier alpha value is -4.32. The van der Waals surface area contributed by atoms with Crippen LogP contribution >= 0.6 is 0 Å². The molecular formula is C24H32N6O6. The molecule has 194 valence electrons. The van der Waals surface area contributed by atoms with Crippen LogP contribution in [0.5, 0.6) is 11.5 Å². The van der Waals surface area contributed by atoms with Crippen molar-refractivity contribution in [2.24, 2.45) is 22.2 Å². The van der Waals surface area contributed by atoms with Crippen LogP contribution in [0, 0.1) is 0 Å². The lowest BCUT2D eigenvalue weighted by molar-refractivity contribution is -0.142. The maximum Gasteiger partial charge on any atom is 0.326 e. The Labute approximate surface area is 208 Å². The monoisotopic (exact) mass is 500 g/mol. The van der Waals surface area contributed by atoms with E-state index in [9.17, 15) is 29.7 Å². The van der Waals surface area contributed by atoms with E-state index >= 15 is 0 Å². The van der Waals surface area contributed by atoms with Gasteiger partial charge in [-0.1, -0.05) is 24.3 Å². The molecule has 0 aliphatic rings. The van der Waals surface area contributed by atoms with E-state index in [1.165, 1.54) is 24.3 Å². The summed E-state index contributed by atoms with van der Waals surface area (Å²) >= 11 is 0. The minimum Gasteiger partial charge on any atom is -0.508 e. The summed E-state index contributed by atoms with van der Waals surface area (Å²) in [5.74, 6) is -2.57. The number of nitrogens with one attached hydrogen (secondary N) is 2. The zero-order valence-corrected chi connectivity index (χ0v) is 19.6. The fraction of sp³-hybridized carbons (Fsp3) is 0.333. The number of guanidine groups is 1. The fourth-order valence-corrected chi connectivity index (χ4v) is 3.37. The van der Waals surface area contributed by atoms with Gasteiger partial charge in [0.05, 0.1) is 6.04 Å². The summed E-state index contributed by atoms with van der Waals surface area (Å²) in [7, 11) is 0. The number of phenolic OH excluding ortho intramolecular Hbond substituents is 2. The van der Waals surface area contributed by atoms with E-state index in [4.69, 9.17) is 17.2 Å². The number of phenols is 2. The highest BCUT2D eigenvalue weighted by Gasteiger charge is 2.28. The number of carbonyl (C=O) groups is 3. The summed E-state index contributed by atoms with van der Waals surface area (Å²) in [5.41, 5.74) is 17.9. The Bertz CT molecular complexity index is 1050. The summed E-state index contributed by atoms with van der Waals surface area (Å²) in [6, 6.07) is 8.89. The molecule has 0 aromatic heterocycles. The number of hydrogen-bond acceptors (Lipinski definition) is 7. The fourth-order valence-electron chi connectivity index (χ4n) is 3.37. The lowest BCUT2D eigenvalue weighted by atomic mass is 10.0. The van der Waals surface area contributed by atoms with E-state index in [1.807, 2.05) is 0 Å². The number of rotatable bonds is 13. The van der Waals surface area contributed by atoms with Crippen molar-refractivity contribution in [1.82, 2.24) is 10.6 Å². The smallest absolute Gasteiger partial charge is 0.326 e. The van der Waals surface area contributed by atoms with Gasteiger partial charge in [0.25, 0.3) is 0 Å². The molecule has 0 heterocycles. The van der Waals surface area contributed by atoms with Crippen LogP contribution in [-0.4, -0.2) is 63.7 Å². The highest BCUT2D eigenvalue weighted by Crippen LogP contribution is 2.13. The SMILES string of the molecule is NC(N)=NCCC[C@H](NC(=O)[C@H](Cc1ccc(O)cc1)NC(=O)[C@@H](N)Cc1ccc(O)cc1)C(=O)O. The minimum atomic E-state index is -1.24. The summed E-state index contributed by atoms with van der Waals surface area (Å²) in [6.45, 7) is 0.196. The summed E-state index contributed by atoms with van der Waals surface area (Å²) < 4.78 is 0. The van der Waals surface area contributed by atoms with Crippen LogP contribution in [0.1, 0.15) is 24.0 Å². The van der Waals surface area contributed by atoms with Crippen LogP contribution in [0.15, 0.2) is 53.5 Å². The number of aliphatic carboxylic acids is 1. The Morgan fingerprint density at radius 3 is 1.81 bits per heavy atom. The van der Waals surface area contributed by atoms with Crippen LogP contribution in [0.25, 0.3) is 0 Å². The number of nitrogens with two attached hydrogens (primary N) is 3. The van der Waals surface area contributed by atoms with Crippen molar-refractivity contribution < 1.29 is 29.7 Å². The van der Waals surface area contributed by atoms with Gasteiger partial charge in [-0.25, -0.2) is 4.79 Å². The molecule has 0 aliphatic carbocycles. The second-order valence-electron chi connectivity index (χ2n) is 8.26. The molecule has 12 nitrogen and oxygen atoms in total. The molecule has 0 radical (unpaired) electrons.